The molecule has 1 rings (SSSR count). The Labute approximate surface area is 101 Å². The second-order valence-electron chi connectivity index (χ2n) is 4.33. The fraction of sp³-hybridized carbons (Fsp3) is 0.818. The minimum Gasteiger partial charge on any atom is -0.366 e. The van der Waals surface area contributed by atoms with Gasteiger partial charge in [0.05, 0.1) is 6.61 Å². The largest absolute Gasteiger partial charge is 0.366 e. The van der Waals surface area contributed by atoms with Crippen LogP contribution in [0.15, 0.2) is 0 Å². The van der Waals surface area contributed by atoms with Crippen LogP contribution in [0.5, 0.6) is 0 Å². The Morgan fingerprint density at radius 3 is 2.82 bits per heavy atom. The molecule has 1 unspecified atom stereocenters. The quantitative estimate of drug-likeness (QED) is 0.579. The maximum Gasteiger partial charge on any atom is 0.250 e. The molecule has 1 fully saturated rings. The normalized spacial score (nSPS) is 20.1. The zero-order chi connectivity index (χ0) is 12.7. The Bertz CT molecular complexity index is 263. The number of amides is 2. The highest BCUT2D eigenvalue weighted by atomic mass is 16.5. The van der Waals surface area contributed by atoms with Gasteiger partial charge in [-0.2, -0.15) is 0 Å². The molecule has 17 heavy (non-hydrogen) atoms. The smallest absolute Gasteiger partial charge is 0.250 e. The fourth-order valence-electron chi connectivity index (χ4n) is 1.54. The van der Waals surface area contributed by atoms with E-state index < -0.39 is 6.10 Å². The van der Waals surface area contributed by atoms with Crippen molar-refractivity contribution in [3.63, 3.8) is 0 Å². The van der Waals surface area contributed by atoms with Gasteiger partial charge in [-0.15, -0.1) is 0 Å². The Balaban J connectivity index is 2.13. The first kappa shape index (κ1) is 13.9. The lowest BCUT2D eigenvalue weighted by molar-refractivity contribution is -0.134. The van der Waals surface area contributed by atoms with Crippen molar-refractivity contribution in [1.82, 2.24) is 16.0 Å². The summed E-state index contributed by atoms with van der Waals surface area (Å²) >= 11 is 0. The molecule has 1 aliphatic rings. The van der Waals surface area contributed by atoms with E-state index in [0.29, 0.717) is 26.1 Å². The van der Waals surface area contributed by atoms with Gasteiger partial charge in [0, 0.05) is 32.1 Å². The molecule has 0 saturated carbocycles. The van der Waals surface area contributed by atoms with Gasteiger partial charge in [-0.25, -0.2) is 0 Å². The number of ether oxygens (including phenoxy) is 1. The van der Waals surface area contributed by atoms with Gasteiger partial charge in [0.2, 0.25) is 11.8 Å². The van der Waals surface area contributed by atoms with Crippen LogP contribution in [0.4, 0.5) is 0 Å². The summed E-state index contributed by atoms with van der Waals surface area (Å²) in [6.07, 6.45) is -0.138. The lowest BCUT2D eigenvalue weighted by atomic mass is 10.2. The molecule has 1 atom stereocenters. The molecule has 1 heterocycles. The van der Waals surface area contributed by atoms with Crippen molar-refractivity contribution >= 4 is 11.8 Å². The first-order valence-corrected chi connectivity index (χ1v) is 5.99. The molecule has 1 aliphatic heterocycles. The van der Waals surface area contributed by atoms with Gasteiger partial charge >= 0.3 is 0 Å². The summed E-state index contributed by atoms with van der Waals surface area (Å²) in [5.41, 5.74) is 0. The van der Waals surface area contributed by atoms with E-state index in [0.717, 1.165) is 6.54 Å². The van der Waals surface area contributed by atoms with Crippen molar-refractivity contribution in [2.45, 2.75) is 32.4 Å². The van der Waals surface area contributed by atoms with Gasteiger partial charge in [0.15, 0.2) is 0 Å². The van der Waals surface area contributed by atoms with Crippen LogP contribution in [0, 0.1) is 0 Å². The Kier molecular flexibility index (Phi) is 5.93. The van der Waals surface area contributed by atoms with E-state index in [9.17, 15) is 9.59 Å². The van der Waals surface area contributed by atoms with E-state index >= 15 is 0 Å². The Morgan fingerprint density at radius 1 is 1.47 bits per heavy atom. The summed E-state index contributed by atoms with van der Waals surface area (Å²) < 4.78 is 5.29. The third kappa shape index (κ3) is 5.65. The van der Waals surface area contributed by atoms with Crippen molar-refractivity contribution in [3.8, 4) is 0 Å². The van der Waals surface area contributed by atoms with Crippen molar-refractivity contribution in [3.05, 3.63) is 0 Å². The molecule has 3 N–H and O–H groups in total. The van der Waals surface area contributed by atoms with Crippen LogP contribution >= 0.6 is 0 Å². The number of hydrogen-bond donors (Lipinski definition) is 3. The summed E-state index contributed by atoms with van der Waals surface area (Å²) in [5, 5.41) is 8.53. The van der Waals surface area contributed by atoms with Crippen LogP contribution in [-0.4, -0.2) is 50.2 Å². The maximum absolute atomic E-state index is 11.6. The highest BCUT2D eigenvalue weighted by molar-refractivity contribution is 5.82. The molecular weight excluding hydrogens is 222 g/mol. The standard InChI is InChI=1S/C11H21N3O3/c1-8(2)14-10(15)3-4-13-11(16)9-7-12-5-6-17-9/h8-9,12H,3-7H2,1-2H3,(H,13,16)(H,14,15). The number of hydrogen-bond acceptors (Lipinski definition) is 4. The highest BCUT2D eigenvalue weighted by Crippen LogP contribution is 1.95. The highest BCUT2D eigenvalue weighted by Gasteiger charge is 2.21. The molecule has 98 valence electrons. The summed E-state index contributed by atoms with van der Waals surface area (Å²) in [6.45, 7) is 6.00. The van der Waals surface area contributed by atoms with Crippen LogP contribution < -0.4 is 16.0 Å². The predicted molar refractivity (Wildman–Crippen MR) is 63.5 cm³/mol. The van der Waals surface area contributed by atoms with E-state index in [4.69, 9.17) is 4.74 Å². The number of carbonyl (C=O) groups excluding carboxylic acids is 2. The molecule has 1 saturated heterocycles. The third-order valence-electron chi connectivity index (χ3n) is 2.32. The Hall–Kier alpha value is -1.14. The van der Waals surface area contributed by atoms with Crippen LogP contribution in [0.25, 0.3) is 0 Å². The fourth-order valence-corrected chi connectivity index (χ4v) is 1.54. The van der Waals surface area contributed by atoms with E-state index in [1.54, 1.807) is 0 Å². The van der Waals surface area contributed by atoms with Crippen molar-refractivity contribution in [2.24, 2.45) is 0 Å². The van der Waals surface area contributed by atoms with Crippen LogP contribution in [0.2, 0.25) is 0 Å². The summed E-state index contributed by atoms with van der Waals surface area (Å²) in [4.78, 5) is 22.9. The topological polar surface area (TPSA) is 79.5 Å². The second kappa shape index (κ2) is 7.24. The molecule has 0 aromatic rings. The lowest BCUT2D eigenvalue weighted by Crippen LogP contribution is -2.48. The van der Waals surface area contributed by atoms with Gasteiger partial charge in [-0.1, -0.05) is 0 Å². The molecule has 6 nitrogen and oxygen atoms in total. The minimum absolute atomic E-state index is 0.0528. The van der Waals surface area contributed by atoms with Gasteiger partial charge in [-0.3, -0.25) is 9.59 Å². The van der Waals surface area contributed by atoms with Gasteiger partial charge in [-0.05, 0) is 13.8 Å². The van der Waals surface area contributed by atoms with Gasteiger partial charge < -0.3 is 20.7 Å². The molecule has 0 aromatic heterocycles. The van der Waals surface area contributed by atoms with E-state index in [1.165, 1.54) is 0 Å². The molecular formula is C11H21N3O3. The van der Waals surface area contributed by atoms with Gasteiger partial charge in [0.1, 0.15) is 6.10 Å². The first-order valence-electron chi connectivity index (χ1n) is 5.99. The molecule has 0 radical (unpaired) electrons. The zero-order valence-corrected chi connectivity index (χ0v) is 10.4. The predicted octanol–water partition coefficient (Wildman–Crippen LogP) is -0.994. The molecule has 6 heteroatoms. The lowest BCUT2D eigenvalue weighted by Gasteiger charge is -2.22. The molecule has 0 aromatic carbocycles. The van der Waals surface area contributed by atoms with Gasteiger partial charge in [0.25, 0.3) is 0 Å². The second-order valence-corrected chi connectivity index (χ2v) is 4.33. The number of morpholine rings is 1. The van der Waals surface area contributed by atoms with Crippen molar-refractivity contribution < 1.29 is 14.3 Å². The number of rotatable bonds is 5. The van der Waals surface area contributed by atoms with E-state index in [2.05, 4.69) is 16.0 Å². The first-order chi connectivity index (χ1) is 8.09. The van der Waals surface area contributed by atoms with Crippen LogP contribution in [0.3, 0.4) is 0 Å². The molecule has 2 amide bonds. The van der Waals surface area contributed by atoms with E-state index in [1.807, 2.05) is 13.8 Å². The SMILES string of the molecule is CC(C)NC(=O)CCNC(=O)C1CNCCO1. The van der Waals surface area contributed by atoms with Crippen LogP contribution in [-0.2, 0) is 14.3 Å². The molecule has 0 bridgehead atoms. The monoisotopic (exact) mass is 243 g/mol. The molecule has 0 aliphatic carbocycles. The van der Waals surface area contributed by atoms with Crippen LogP contribution in [0.1, 0.15) is 20.3 Å². The maximum atomic E-state index is 11.6. The molecule has 0 spiro atoms. The average Bonchev–Trinajstić information content (AvgIpc) is 2.29. The Morgan fingerprint density at radius 2 is 2.24 bits per heavy atom. The van der Waals surface area contributed by atoms with Crippen molar-refractivity contribution in [2.75, 3.05) is 26.2 Å². The minimum atomic E-state index is -0.433. The number of carbonyl (C=O) groups is 2. The summed E-state index contributed by atoms with van der Waals surface area (Å²) in [5.74, 6) is -0.211. The average molecular weight is 243 g/mol. The number of nitrogens with one attached hydrogen (secondary N) is 3. The third-order valence-corrected chi connectivity index (χ3v) is 2.32. The zero-order valence-electron chi connectivity index (χ0n) is 10.4. The van der Waals surface area contributed by atoms with Crippen molar-refractivity contribution in [1.29, 1.82) is 0 Å². The van der Waals surface area contributed by atoms with E-state index in [-0.39, 0.29) is 17.9 Å². The summed E-state index contributed by atoms with van der Waals surface area (Å²) in [6, 6.07) is 0.129. The summed E-state index contributed by atoms with van der Waals surface area (Å²) in [7, 11) is 0.